The molecule has 1 nitrogen and oxygen atoms in total. The summed E-state index contributed by atoms with van der Waals surface area (Å²) in [7, 11) is 0. The van der Waals surface area contributed by atoms with Crippen molar-refractivity contribution in [2.75, 3.05) is 0 Å². The molecule has 0 aromatic heterocycles. The van der Waals surface area contributed by atoms with Gasteiger partial charge in [-0.1, -0.05) is 31.2 Å². The first-order valence-corrected chi connectivity index (χ1v) is 4.93. The zero-order valence-corrected chi connectivity index (χ0v) is 7.92. The summed E-state index contributed by atoms with van der Waals surface area (Å²) in [6.07, 6.45) is 2.61. The van der Waals surface area contributed by atoms with Crippen LogP contribution in [-0.4, -0.2) is 5.78 Å². The minimum absolute atomic E-state index is 0.171. The molecule has 0 radical (unpaired) electrons. The molecule has 1 atom stereocenters. The van der Waals surface area contributed by atoms with Crippen molar-refractivity contribution in [3.8, 4) is 0 Å². The number of ketones is 1. The van der Waals surface area contributed by atoms with Gasteiger partial charge in [0.2, 0.25) is 0 Å². The summed E-state index contributed by atoms with van der Waals surface area (Å²) < 4.78 is 0. The summed E-state index contributed by atoms with van der Waals surface area (Å²) >= 11 is 0. The average Bonchev–Trinajstić information content (AvgIpc) is 2.18. The van der Waals surface area contributed by atoms with E-state index >= 15 is 0 Å². The van der Waals surface area contributed by atoms with Crippen LogP contribution in [0.15, 0.2) is 24.3 Å². The van der Waals surface area contributed by atoms with E-state index in [1.807, 2.05) is 6.07 Å². The minimum Gasteiger partial charge on any atom is -0.299 e. The lowest BCUT2D eigenvalue weighted by Gasteiger charge is -2.22. The van der Waals surface area contributed by atoms with Crippen LogP contribution < -0.4 is 0 Å². The third-order valence-corrected chi connectivity index (χ3v) is 2.87. The molecule has 0 N–H and O–H groups in total. The molecule has 0 bridgehead atoms. The molecule has 1 unspecified atom stereocenters. The molecule has 13 heavy (non-hydrogen) atoms. The van der Waals surface area contributed by atoms with Crippen LogP contribution in [-0.2, 0) is 11.2 Å². The van der Waals surface area contributed by atoms with E-state index in [2.05, 4.69) is 25.1 Å². The molecule has 0 saturated carbocycles. The van der Waals surface area contributed by atoms with Gasteiger partial charge in [0, 0.05) is 12.3 Å². The predicted molar refractivity (Wildman–Crippen MR) is 52.8 cm³/mol. The number of carbonyl (C=O) groups excluding carboxylic acids is 1. The highest BCUT2D eigenvalue weighted by Crippen LogP contribution is 2.30. The molecule has 1 aliphatic carbocycles. The molecule has 1 aromatic carbocycles. The zero-order chi connectivity index (χ0) is 9.26. The molecule has 0 fully saturated rings. The second-order valence-electron chi connectivity index (χ2n) is 3.63. The Morgan fingerprint density at radius 3 is 2.85 bits per heavy atom. The van der Waals surface area contributed by atoms with Gasteiger partial charge < -0.3 is 0 Å². The predicted octanol–water partition coefficient (Wildman–Crippen LogP) is 2.70. The standard InChI is InChI=1S/C12H14O/c1-2-10-11-6-4-3-5-9(11)7-8-12(10)13/h3-6,10H,2,7-8H2,1H3. The molecule has 1 aliphatic rings. The topological polar surface area (TPSA) is 17.1 Å². The number of aryl methyl sites for hydroxylation is 1. The van der Waals surface area contributed by atoms with E-state index in [1.165, 1.54) is 11.1 Å². The summed E-state index contributed by atoms with van der Waals surface area (Å²) in [4.78, 5) is 11.6. The van der Waals surface area contributed by atoms with Gasteiger partial charge in [0.15, 0.2) is 0 Å². The summed E-state index contributed by atoms with van der Waals surface area (Å²) in [5.41, 5.74) is 2.63. The quantitative estimate of drug-likeness (QED) is 0.639. The fourth-order valence-electron chi connectivity index (χ4n) is 2.15. The molecule has 0 spiro atoms. The van der Waals surface area contributed by atoms with Crippen LogP contribution in [0.4, 0.5) is 0 Å². The summed E-state index contributed by atoms with van der Waals surface area (Å²) in [6.45, 7) is 2.09. The van der Waals surface area contributed by atoms with Crippen LogP contribution in [0.3, 0.4) is 0 Å². The summed E-state index contributed by atoms with van der Waals surface area (Å²) in [5, 5.41) is 0. The van der Waals surface area contributed by atoms with E-state index < -0.39 is 0 Å². The smallest absolute Gasteiger partial charge is 0.140 e. The van der Waals surface area contributed by atoms with Crippen LogP contribution in [0.1, 0.15) is 36.8 Å². The maximum absolute atomic E-state index is 11.6. The summed E-state index contributed by atoms with van der Waals surface area (Å²) in [5.74, 6) is 0.589. The van der Waals surface area contributed by atoms with Gasteiger partial charge in [0.1, 0.15) is 5.78 Å². The number of fused-ring (bicyclic) bond motifs is 1. The lowest BCUT2D eigenvalue weighted by molar-refractivity contribution is -0.121. The van der Waals surface area contributed by atoms with E-state index in [9.17, 15) is 4.79 Å². The van der Waals surface area contributed by atoms with Crippen LogP contribution in [0.25, 0.3) is 0 Å². The number of carbonyl (C=O) groups is 1. The minimum atomic E-state index is 0.171. The molecular weight excluding hydrogens is 160 g/mol. The van der Waals surface area contributed by atoms with Crippen molar-refractivity contribution >= 4 is 5.78 Å². The maximum atomic E-state index is 11.6. The van der Waals surface area contributed by atoms with Crippen molar-refractivity contribution in [3.63, 3.8) is 0 Å². The monoisotopic (exact) mass is 174 g/mol. The van der Waals surface area contributed by atoms with Crippen LogP contribution in [0, 0.1) is 0 Å². The van der Waals surface area contributed by atoms with Crippen molar-refractivity contribution in [1.29, 1.82) is 0 Å². The van der Waals surface area contributed by atoms with Gasteiger partial charge in [-0.2, -0.15) is 0 Å². The molecule has 1 aromatic rings. The van der Waals surface area contributed by atoms with Crippen LogP contribution in [0.5, 0.6) is 0 Å². The highest BCUT2D eigenvalue weighted by atomic mass is 16.1. The fourth-order valence-corrected chi connectivity index (χ4v) is 2.15. The van der Waals surface area contributed by atoms with Crippen molar-refractivity contribution in [1.82, 2.24) is 0 Å². The first kappa shape index (κ1) is 8.49. The van der Waals surface area contributed by atoms with E-state index in [0.717, 1.165) is 19.3 Å². The Hall–Kier alpha value is -1.11. The molecule has 2 rings (SSSR count). The fraction of sp³-hybridized carbons (Fsp3) is 0.417. The van der Waals surface area contributed by atoms with E-state index in [1.54, 1.807) is 0 Å². The first-order chi connectivity index (χ1) is 6.33. The van der Waals surface area contributed by atoms with Crippen LogP contribution in [0.2, 0.25) is 0 Å². The van der Waals surface area contributed by atoms with Gasteiger partial charge in [-0.15, -0.1) is 0 Å². The van der Waals surface area contributed by atoms with Gasteiger partial charge >= 0.3 is 0 Å². The Morgan fingerprint density at radius 1 is 1.31 bits per heavy atom. The van der Waals surface area contributed by atoms with Crippen molar-refractivity contribution < 1.29 is 4.79 Å². The number of benzene rings is 1. The second kappa shape index (κ2) is 3.33. The molecular formula is C12H14O. The third kappa shape index (κ3) is 1.39. The van der Waals surface area contributed by atoms with Gasteiger partial charge in [0.25, 0.3) is 0 Å². The molecule has 0 saturated heterocycles. The number of hydrogen-bond acceptors (Lipinski definition) is 1. The Morgan fingerprint density at radius 2 is 2.08 bits per heavy atom. The second-order valence-corrected chi connectivity index (χ2v) is 3.63. The van der Waals surface area contributed by atoms with Crippen molar-refractivity contribution in [2.45, 2.75) is 32.1 Å². The Bertz CT molecular complexity index is 328. The van der Waals surface area contributed by atoms with Crippen molar-refractivity contribution in [3.05, 3.63) is 35.4 Å². The molecule has 68 valence electrons. The van der Waals surface area contributed by atoms with Gasteiger partial charge in [-0.3, -0.25) is 4.79 Å². The third-order valence-electron chi connectivity index (χ3n) is 2.87. The van der Waals surface area contributed by atoms with Crippen LogP contribution >= 0.6 is 0 Å². The summed E-state index contributed by atoms with van der Waals surface area (Å²) in [6, 6.07) is 8.33. The highest BCUT2D eigenvalue weighted by molar-refractivity contribution is 5.87. The Kier molecular flexibility index (Phi) is 2.17. The molecule has 0 heterocycles. The van der Waals surface area contributed by atoms with Crippen molar-refractivity contribution in [2.24, 2.45) is 0 Å². The lowest BCUT2D eigenvalue weighted by atomic mass is 9.80. The number of hydrogen-bond donors (Lipinski definition) is 0. The molecule has 1 heteroatoms. The normalized spacial score (nSPS) is 21.3. The first-order valence-electron chi connectivity index (χ1n) is 4.93. The molecule has 0 amide bonds. The Labute approximate surface area is 78.8 Å². The van der Waals surface area contributed by atoms with Gasteiger partial charge in [-0.25, -0.2) is 0 Å². The average molecular weight is 174 g/mol. The molecule has 0 aliphatic heterocycles. The number of rotatable bonds is 1. The van der Waals surface area contributed by atoms with E-state index in [0.29, 0.717) is 5.78 Å². The van der Waals surface area contributed by atoms with E-state index in [4.69, 9.17) is 0 Å². The SMILES string of the molecule is CCC1C(=O)CCc2ccccc21. The largest absolute Gasteiger partial charge is 0.299 e. The maximum Gasteiger partial charge on any atom is 0.140 e. The van der Waals surface area contributed by atoms with Gasteiger partial charge in [0.05, 0.1) is 0 Å². The Balaban J connectivity index is 2.45. The van der Waals surface area contributed by atoms with Gasteiger partial charge in [-0.05, 0) is 24.0 Å². The zero-order valence-electron chi connectivity index (χ0n) is 7.92. The number of Topliss-reactive ketones (excluding diaryl/α,β-unsaturated/α-hetero) is 1. The lowest BCUT2D eigenvalue weighted by Crippen LogP contribution is -2.19. The highest BCUT2D eigenvalue weighted by Gasteiger charge is 2.24. The van der Waals surface area contributed by atoms with E-state index in [-0.39, 0.29) is 5.92 Å².